The number of hydrogen-bond acceptors (Lipinski definition) is 2. The summed E-state index contributed by atoms with van der Waals surface area (Å²) in [5.74, 6) is 0. The zero-order valence-electron chi connectivity index (χ0n) is 10.1. The number of piperidine rings is 1. The average molecular weight is 265 g/mol. The molecular formula is C14H17ClN2O. The van der Waals surface area contributed by atoms with Crippen LogP contribution in [0.2, 0.25) is 5.02 Å². The number of benzene rings is 1. The first-order valence-corrected chi connectivity index (χ1v) is 6.82. The summed E-state index contributed by atoms with van der Waals surface area (Å²) in [6, 6.07) is 5.93. The Balaban J connectivity index is 1.96. The number of aliphatic hydroxyl groups excluding tert-OH is 1. The van der Waals surface area contributed by atoms with Crippen LogP contribution in [0.1, 0.15) is 30.9 Å². The molecular weight excluding hydrogens is 248 g/mol. The van der Waals surface area contributed by atoms with Crippen LogP contribution in [-0.4, -0.2) is 22.7 Å². The summed E-state index contributed by atoms with van der Waals surface area (Å²) in [5.41, 5.74) is 1.84. The molecule has 0 amide bonds. The summed E-state index contributed by atoms with van der Waals surface area (Å²) in [4.78, 5) is 3.16. The third-order valence-electron chi connectivity index (χ3n) is 3.74. The van der Waals surface area contributed by atoms with E-state index in [4.69, 9.17) is 11.6 Å². The molecule has 3 rings (SSSR count). The van der Waals surface area contributed by atoms with E-state index in [1.54, 1.807) is 0 Å². The summed E-state index contributed by atoms with van der Waals surface area (Å²) in [6.07, 6.45) is 4.80. The lowest BCUT2D eigenvalue weighted by Gasteiger charge is -2.27. The highest BCUT2D eigenvalue weighted by molar-refractivity contribution is 6.35. The quantitative estimate of drug-likeness (QED) is 0.781. The van der Waals surface area contributed by atoms with Gasteiger partial charge in [0.25, 0.3) is 0 Å². The molecule has 0 bridgehead atoms. The number of aliphatic hydroxyl groups is 1. The van der Waals surface area contributed by atoms with E-state index in [1.807, 2.05) is 24.4 Å². The molecule has 3 N–H and O–H groups in total. The number of aromatic amines is 1. The van der Waals surface area contributed by atoms with Crippen LogP contribution in [0.3, 0.4) is 0 Å². The number of aromatic nitrogens is 1. The summed E-state index contributed by atoms with van der Waals surface area (Å²) >= 11 is 6.13. The normalized spacial score (nSPS) is 22.2. The number of fused-ring (bicyclic) bond motifs is 1. The molecule has 4 heteroatoms. The Morgan fingerprint density at radius 3 is 3.00 bits per heavy atom. The first-order valence-electron chi connectivity index (χ1n) is 6.44. The topological polar surface area (TPSA) is 48.0 Å². The van der Waals surface area contributed by atoms with Gasteiger partial charge in [0, 0.05) is 23.2 Å². The SMILES string of the molecule is OC(c1c[nH]c2c(Cl)cccc12)C1CCCCN1. The van der Waals surface area contributed by atoms with Crippen molar-refractivity contribution in [2.24, 2.45) is 0 Å². The smallest absolute Gasteiger partial charge is 0.0963 e. The van der Waals surface area contributed by atoms with Crippen LogP contribution >= 0.6 is 11.6 Å². The molecule has 1 aliphatic rings. The van der Waals surface area contributed by atoms with Crippen molar-refractivity contribution < 1.29 is 5.11 Å². The van der Waals surface area contributed by atoms with Crippen molar-refractivity contribution in [3.05, 3.63) is 35.0 Å². The predicted molar refractivity (Wildman–Crippen MR) is 73.9 cm³/mol. The highest BCUT2D eigenvalue weighted by atomic mass is 35.5. The fourth-order valence-electron chi connectivity index (χ4n) is 2.75. The van der Waals surface area contributed by atoms with Crippen LogP contribution in [0.15, 0.2) is 24.4 Å². The maximum atomic E-state index is 10.5. The number of halogens is 1. The third-order valence-corrected chi connectivity index (χ3v) is 4.06. The van der Waals surface area contributed by atoms with Crippen molar-refractivity contribution in [1.82, 2.24) is 10.3 Å². The largest absolute Gasteiger partial charge is 0.387 e. The van der Waals surface area contributed by atoms with E-state index in [1.165, 1.54) is 12.8 Å². The molecule has 18 heavy (non-hydrogen) atoms. The lowest BCUT2D eigenvalue weighted by atomic mass is 9.95. The van der Waals surface area contributed by atoms with Gasteiger partial charge in [-0.2, -0.15) is 0 Å². The molecule has 0 radical (unpaired) electrons. The minimum atomic E-state index is -0.475. The molecule has 1 fully saturated rings. The van der Waals surface area contributed by atoms with Gasteiger partial charge in [-0.3, -0.25) is 0 Å². The van der Waals surface area contributed by atoms with E-state index in [0.717, 1.165) is 29.4 Å². The minimum Gasteiger partial charge on any atom is -0.387 e. The average Bonchev–Trinajstić information content (AvgIpc) is 2.84. The third kappa shape index (κ3) is 2.03. The van der Waals surface area contributed by atoms with E-state index >= 15 is 0 Å². The number of para-hydroxylation sites is 1. The molecule has 0 aliphatic carbocycles. The Kier molecular flexibility index (Phi) is 3.29. The second kappa shape index (κ2) is 4.92. The molecule has 3 nitrogen and oxygen atoms in total. The van der Waals surface area contributed by atoms with Crippen LogP contribution in [0.25, 0.3) is 10.9 Å². The number of rotatable bonds is 2. The maximum absolute atomic E-state index is 10.5. The summed E-state index contributed by atoms with van der Waals surface area (Å²) in [7, 11) is 0. The van der Waals surface area contributed by atoms with Crippen LogP contribution in [-0.2, 0) is 0 Å². The molecule has 1 aromatic heterocycles. The van der Waals surface area contributed by atoms with Crippen LogP contribution < -0.4 is 5.32 Å². The van der Waals surface area contributed by atoms with Gasteiger partial charge < -0.3 is 15.4 Å². The monoisotopic (exact) mass is 264 g/mol. The Bertz CT molecular complexity index is 546. The number of hydrogen-bond donors (Lipinski definition) is 3. The predicted octanol–water partition coefficient (Wildman–Crippen LogP) is 3.00. The lowest BCUT2D eigenvalue weighted by Crippen LogP contribution is -2.38. The van der Waals surface area contributed by atoms with Crippen LogP contribution in [0.4, 0.5) is 0 Å². The Hall–Kier alpha value is -1.03. The van der Waals surface area contributed by atoms with Crippen molar-refractivity contribution in [2.75, 3.05) is 6.54 Å². The lowest BCUT2D eigenvalue weighted by molar-refractivity contribution is 0.115. The van der Waals surface area contributed by atoms with E-state index in [0.29, 0.717) is 5.02 Å². The molecule has 2 unspecified atom stereocenters. The highest BCUT2D eigenvalue weighted by Gasteiger charge is 2.24. The molecule has 2 aromatic rings. The zero-order chi connectivity index (χ0) is 12.5. The van der Waals surface area contributed by atoms with E-state index in [-0.39, 0.29) is 6.04 Å². The molecule has 2 atom stereocenters. The van der Waals surface area contributed by atoms with Gasteiger partial charge in [-0.15, -0.1) is 0 Å². The Morgan fingerprint density at radius 2 is 2.22 bits per heavy atom. The molecule has 96 valence electrons. The molecule has 1 aliphatic heterocycles. The molecule has 1 saturated heterocycles. The summed E-state index contributed by atoms with van der Waals surface area (Å²) < 4.78 is 0. The minimum absolute atomic E-state index is 0.150. The van der Waals surface area contributed by atoms with Crippen molar-refractivity contribution in [2.45, 2.75) is 31.4 Å². The van der Waals surface area contributed by atoms with Crippen LogP contribution in [0.5, 0.6) is 0 Å². The van der Waals surface area contributed by atoms with Gasteiger partial charge in [-0.05, 0) is 25.5 Å². The van der Waals surface area contributed by atoms with E-state index in [2.05, 4.69) is 10.3 Å². The van der Waals surface area contributed by atoms with E-state index in [9.17, 15) is 5.11 Å². The number of nitrogens with one attached hydrogen (secondary N) is 2. The summed E-state index contributed by atoms with van der Waals surface area (Å²) in [5, 5.41) is 15.6. The van der Waals surface area contributed by atoms with Gasteiger partial charge in [-0.25, -0.2) is 0 Å². The van der Waals surface area contributed by atoms with Crippen LogP contribution in [0, 0.1) is 0 Å². The maximum Gasteiger partial charge on any atom is 0.0963 e. The fraction of sp³-hybridized carbons (Fsp3) is 0.429. The summed E-state index contributed by atoms with van der Waals surface area (Å²) in [6.45, 7) is 0.991. The van der Waals surface area contributed by atoms with E-state index < -0.39 is 6.10 Å². The molecule has 1 aromatic carbocycles. The molecule has 0 saturated carbocycles. The van der Waals surface area contributed by atoms with Crippen molar-refractivity contribution >= 4 is 22.5 Å². The Labute approximate surface area is 111 Å². The second-order valence-electron chi connectivity index (χ2n) is 4.91. The molecule has 2 heterocycles. The van der Waals surface area contributed by atoms with Gasteiger partial charge in [-0.1, -0.05) is 30.2 Å². The first-order chi connectivity index (χ1) is 8.77. The van der Waals surface area contributed by atoms with Crippen molar-refractivity contribution in [3.63, 3.8) is 0 Å². The zero-order valence-corrected chi connectivity index (χ0v) is 10.9. The molecule has 0 spiro atoms. The van der Waals surface area contributed by atoms with Gasteiger partial charge in [0.15, 0.2) is 0 Å². The van der Waals surface area contributed by atoms with Gasteiger partial charge in [0.1, 0.15) is 0 Å². The second-order valence-corrected chi connectivity index (χ2v) is 5.31. The highest BCUT2D eigenvalue weighted by Crippen LogP contribution is 2.31. The van der Waals surface area contributed by atoms with Gasteiger partial charge >= 0.3 is 0 Å². The van der Waals surface area contributed by atoms with Crippen molar-refractivity contribution in [1.29, 1.82) is 0 Å². The van der Waals surface area contributed by atoms with Gasteiger partial charge in [0.2, 0.25) is 0 Å². The van der Waals surface area contributed by atoms with Gasteiger partial charge in [0.05, 0.1) is 16.6 Å². The van der Waals surface area contributed by atoms with Crippen molar-refractivity contribution in [3.8, 4) is 0 Å². The standard InChI is InChI=1S/C14H17ClN2O/c15-11-5-3-4-9-10(8-17-13(9)11)14(18)12-6-1-2-7-16-12/h3-5,8,12,14,16-18H,1-2,6-7H2. The first kappa shape index (κ1) is 12.0. The Morgan fingerprint density at radius 1 is 1.33 bits per heavy atom. The fourth-order valence-corrected chi connectivity index (χ4v) is 2.98. The number of H-pyrrole nitrogens is 1.